The van der Waals surface area contributed by atoms with E-state index in [1.807, 2.05) is 0 Å². The molecule has 3 rings (SSSR count). The van der Waals surface area contributed by atoms with Crippen LogP contribution in [0.4, 0.5) is 0 Å². The molecule has 2 saturated heterocycles. The van der Waals surface area contributed by atoms with E-state index in [0.29, 0.717) is 0 Å². The first-order valence-corrected chi connectivity index (χ1v) is 9.82. The number of aromatic hydroxyl groups is 1. The molecule has 0 bridgehead atoms. The molecule has 2 fully saturated rings. The van der Waals surface area contributed by atoms with E-state index in [0.717, 1.165) is 5.56 Å². The maximum Gasteiger partial charge on any atom is 0.187 e. The number of hydrogen-bond donors (Lipinski definition) is 7. The molecule has 2 aliphatic heterocycles. The van der Waals surface area contributed by atoms with Gasteiger partial charge in [-0.3, -0.25) is 0 Å². The van der Waals surface area contributed by atoms with Gasteiger partial charge in [-0.2, -0.15) is 0 Å². The van der Waals surface area contributed by atoms with Crippen LogP contribution in [0, 0.1) is 0 Å². The fourth-order valence-corrected chi connectivity index (χ4v) is 3.23. The third-order valence-electron chi connectivity index (χ3n) is 5.11. The molecule has 0 radical (unpaired) electrons. The van der Waals surface area contributed by atoms with Gasteiger partial charge in [-0.1, -0.05) is 24.3 Å². The van der Waals surface area contributed by atoms with Gasteiger partial charge in [0.15, 0.2) is 12.6 Å². The van der Waals surface area contributed by atoms with Crippen molar-refractivity contribution in [2.24, 2.45) is 0 Å². The summed E-state index contributed by atoms with van der Waals surface area (Å²) in [7, 11) is 0. The standard InChI is InChI=1S/C20H28O11/c21-11-5-3-10(4-6-11)2-1-7-28-20-18(27)16(25)15(24)13(31-20)9-30-19-17(26)14(23)12(22)8-29-19/h1-6,12-27H,7-9H2/b2-1-/t12-,13-,14+,15-,16+,17-,18-,19-,20-/m1/s1. The molecule has 9 atom stereocenters. The van der Waals surface area contributed by atoms with E-state index in [-0.39, 0.29) is 25.6 Å². The molecule has 174 valence electrons. The highest BCUT2D eigenvalue weighted by molar-refractivity contribution is 5.50. The van der Waals surface area contributed by atoms with Gasteiger partial charge in [0.05, 0.1) is 19.8 Å². The zero-order valence-electron chi connectivity index (χ0n) is 16.5. The van der Waals surface area contributed by atoms with Crippen molar-refractivity contribution in [1.82, 2.24) is 0 Å². The van der Waals surface area contributed by atoms with Crippen LogP contribution in [0.5, 0.6) is 5.75 Å². The lowest BCUT2D eigenvalue weighted by atomic mass is 9.99. The summed E-state index contributed by atoms with van der Waals surface area (Å²) in [6.45, 7) is -0.580. The lowest BCUT2D eigenvalue weighted by molar-refractivity contribution is -0.319. The molecule has 0 aromatic heterocycles. The highest BCUT2D eigenvalue weighted by atomic mass is 16.7. The molecule has 0 spiro atoms. The SMILES string of the molecule is Oc1ccc(/C=C\CO[C@@H]2O[C@H](CO[C@H]3OC[C@@H](O)[C@H](O)[C@H]3O)[C@@H](O)[C@H](O)[C@H]2O)cc1. The molecule has 2 heterocycles. The van der Waals surface area contributed by atoms with Crippen molar-refractivity contribution in [2.75, 3.05) is 19.8 Å². The van der Waals surface area contributed by atoms with E-state index >= 15 is 0 Å². The van der Waals surface area contributed by atoms with Gasteiger partial charge in [0.1, 0.15) is 48.5 Å². The van der Waals surface area contributed by atoms with Crippen LogP contribution in [0.2, 0.25) is 0 Å². The van der Waals surface area contributed by atoms with E-state index in [9.17, 15) is 35.7 Å². The monoisotopic (exact) mass is 444 g/mol. The van der Waals surface area contributed by atoms with Gasteiger partial charge < -0.3 is 54.7 Å². The van der Waals surface area contributed by atoms with E-state index in [1.165, 1.54) is 12.1 Å². The Morgan fingerprint density at radius 3 is 2.23 bits per heavy atom. The first-order chi connectivity index (χ1) is 14.8. The molecule has 7 N–H and O–H groups in total. The minimum atomic E-state index is -1.57. The van der Waals surface area contributed by atoms with Gasteiger partial charge in [-0.25, -0.2) is 0 Å². The van der Waals surface area contributed by atoms with E-state index in [4.69, 9.17) is 18.9 Å². The summed E-state index contributed by atoms with van der Waals surface area (Å²) < 4.78 is 21.4. The molecule has 1 aromatic carbocycles. The zero-order valence-corrected chi connectivity index (χ0v) is 16.5. The second-order valence-corrected chi connectivity index (χ2v) is 7.43. The maximum absolute atomic E-state index is 10.2. The van der Waals surface area contributed by atoms with Crippen LogP contribution in [-0.2, 0) is 18.9 Å². The summed E-state index contributed by atoms with van der Waals surface area (Å²) in [5.74, 6) is 0.143. The van der Waals surface area contributed by atoms with Gasteiger partial charge in [-0.05, 0) is 17.7 Å². The average Bonchev–Trinajstić information content (AvgIpc) is 2.76. The number of phenolic OH excluding ortho intramolecular Hbond substituents is 1. The Morgan fingerprint density at radius 2 is 1.52 bits per heavy atom. The van der Waals surface area contributed by atoms with Crippen molar-refractivity contribution in [3.63, 3.8) is 0 Å². The first-order valence-electron chi connectivity index (χ1n) is 9.82. The molecule has 11 heteroatoms. The summed E-state index contributed by atoms with van der Waals surface area (Å²) in [6.07, 6.45) is -9.10. The quantitative estimate of drug-likeness (QED) is 0.240. The molecular weight excluding hydrogens is 416 g/mol. The van der Waals surface area contributed by atoms with Crippen LogP contribution in [0.1, 0.15) is 5.56 Å². The van der Waals surface area contributed by atoms with Gasteiger partial charge >= 0.3 is 0 Å². The largest absolute Gasteiger partial charge is 0.508 e. The fraction of sp³-hybridized carbons (Fsp3) is 0.600. The Bertz CT molecular complexity index is 712. The van der Waals surface area contributed by atoms with Crippen LogP contribution < -0.4 is 0 Å². The number of rotatable bonds is 7. The van der Waals surface area contributed by atoms with Gasteiger partial charge in [0.2, 0.25) is 0 Å². The number of aliphatic hydroxyl groups is 6. The normalized spacial score (nSPS) is 39.1. The Balaban J connectivity index is 1.51. The molecule has 11 nitrogen and oxygen atoms in total. The minimum absolute atomic E-state index is 0.0214. The van der Waals surface area contributed by atoms with Crippen LogP contribution in [-0.4, -0.2) is 111 Å². The molecular formula is C20H28O11. The summed E-state index contributed by atoms with van der Waals surface area (Å²) in [5, 5.41) is 68.7. The third kappa shape index (κ3) is 5.99. The number of phenols is 1. The predicted molar refractivity (Wildman–Crippen MR) is 103 cm³/mol. The van der Waals surface area contributed by atoms with Crippen molar-refractivity contribution in [3.05, 3.63) is 35.9 Å². The predicted octanol–water partition coefficient (Wildman–Crippen LogP) is -2.31. The van der Waals surface area contributed by atoms with Crippen LogP contribution >= 0.6 is 0 Å². The number of aliphatic hydroxyl groups excluding tert-OH is 6. The topological polar surface area (TPSA) is 179 Å². The first kappa shape index (κ1) is 24.0. The van der Waals surface area contributed by atoms with E-state index in [2.05, 4.69) is 0 Å². The van der Waals surface area contributed by atoms with Crippen molar-refractivity contribution < 1.29 is 54.7 Å². The van der Waals surface area contributed by atoms with Gasteiger partial charge in [0, 0.05) is 0 Å². The van der Waals surface area contributed by atoms with Crippen LogP contribution in [0.25, 0.3) is 6.08 Å². The van der Waals surface area contributed by atoms with E-state index in [1.54, 1.807) is 24.3 Å². The highest BCUT2D eigenvalue weighted by Gasteiger charge is 2.45. The summed E-state index contributed by atoms with van der Waals surface area (Å²) >= 11 is 0. The summed E-state index contributed by atoms with van der Waals surface area (Å²) in [4.78, 5) is 0. The zero-order chi connectivity index (χ0) is 22.5. The Morgan fingerprint density at radius 1 is 0.839 bits per heavy atom. The molecule has 1 aromatic rings. The molecule has 0 saturated carbocycles. The van der Waals surface area contributed by atoms with Gasteiger partial charge in [-0.15, -0.1) is 0 Å². The summed E-state index contributed by atoms with van der Waals surface area (Å²) in [5.41, 5.74) is 0.812. The minimum Gasteiger partial charge on any atom is -0.508 e. The number of ether oxygens (including phenoxy) is 4. The number of hydrogen-bond acceptors (Lipinski definition) is 11. The van der Waals surface area contributed by atoms with Crippen LogP contribution in [0.15, 0.2) is 30.3 Å². The average molecular weight is 444 g/mol. The van der Waals surface area contributed by atoms with Crippen molar-refractivity contribution >= 4 is 6.08 Å². The maximum atomic E-state index is 10.2. The Labute approximate surface area is 178 Å². The second kappa shape index (κ2) is 10.8. The molecule has 31 heavy (non-hydrogen) atoms. The molecule has 2 aliphatic rings. The molecule has 0 unspecified atom stereocenters. The Hall–Kier alpha value is -1.64. The third-order valence-corrected chi connectivity index (χ3v) is 5.11. The lowest BCUT2D eigenvalue weighted by Crippen LogP contribution is -2.60. The Kier molecular flexibility index (Phi) is 8.36. The summed E-state index contributed by atoms with van der Waals surface area (Å²) in [6, 6.07) is 6.46. The fourth-order valence-electron chi connectivity index (χ4n) is 3.23. The highest BCUT2D eigenvalue weighted by Crippen LogP contribution is 2.24. The van der Waals surface area contributed by atoms with Crippen molar-refractivity contribution in [2.45, 2.75) is 55.3 Å². The smallest absolute Gasteiger partial charge is 0.187 e. The van der Waals surface area contributed by atoms with Crippen molar-refractivity contribution in [1.29, 1.82) is 0 Å². The van der Waals surface area contributed by atoms with Gasteiger partial charge in [0.25, 0.3) is 0 Å². The lowest BCUT2D eigenvalue weighted by Gasteiger charge is -2.41. The van der Waals surface area contributed by atoms with Crippen molar-refractivity contribution in [3.8, 4) is 5.75 Å². The second-order valence-electron chi connectivity index (χ2n) is 7.43. The van der Waals surface area contributed by atoms with E-state index < -0.39 is 55.3 Å². The number of benzene rings is 1. The van der Waals surface area contributed by atoms with Crippen LogP contribution in [0.3, 0.4) is 0 Å². The molecule has 0 aliphatic carbocycles. The molecule has 0 amide bonds.